The molecule has 2 nitrogen and oxygen atoms in total. The molecule has 1 aliphatic rings. The first-order valence-electron chi connectivity index (χ1n) is 3.12. The number of ether oxygens (including phenoxy) is 2. The van der Waals surface area contributed by atoms with Crippen molar-refractivity contribution in [2.24, 2.45) is 0 Å². The maximum absolute atomic E-state index is 11.5. The molecule has 1 fully saturated rings. The van der Waals surface area contributed by atoms with E-state index in [1.54, 1.807) is 0 Å². The lowest BCUT2D eigenvalue weighted by Crippen LogP contribution is -2.17. The van der Waals surface area contributed by atoms with Crippen LogP contribution in [0.4, 0.5) is 8.78 Å². The Morgan fingerprint density at radius 2 is 2.30 bits per heavy atom. The van der Waals surface area contributed by atoms with E-state index in [0.717, 1.165) is 0 Å². The summed E-state index contributed by atoms with van der Waals surface area (Å²) in [5.41, 5.74) is -0.269. The van der Waals surface area contributed by atoms with Gasteiger partial charge < -0.3 is 9.47 Å². The predicted molar refractivity (Wildman–Crippen MR) is 31.2 cm³/mol. The standard InChI is InChI=1S/C6H10F2O2/c1-6(4-10-6)3-9-2-5(7)8/h5H,2-4H2,1H3. The number of epoxide rings is 1. The molecule has 0 saturated carbocycles. The molecule has 1 heterocycles. The lowest BCUT2D eigenvalue weighted by Gasteiger charge is -2.05. The lowest BCUT2D eigenvalue weighted by atomic mass is 10.2. The van der Waals surface area contributed by atoms with Crippen LogP contribution in [-0.4, -0.2) is 31.8 Å². The van der Waals surface area contributed by atoms with Crippen LogP contribution >= 0.6 is 0 Å². The Kier molecular flexibility index (Phi) is 2.21. The molecule has 1 unspecified atom stereocenters. The number of hydrogen-bond acceptors (Lipinski definition) is 2. The second-order valence-corrected chi connectivity index (χ2v) is 2.64. The van der Waals surface area contributed by atoms with Crippen LogP contribution in [0, 0.1) is 0 Å². The van der Waals surface area contributed by atoms with E-state index in [2.05, 4.69) is 4.74 Å². The van der Waals surface area contributed by atoms with E-state index in [1.807, 2.05) is 6.92 Å². The molecule has 4 heteroatoms. The summed E-state index contributed by atoms with van der Waals surface area (Å²) >= 11 is 0. The van der Waals surface area contributed by atoms with Gasteiger partial charge in [-0.15, -0.1) is 0 Å². The van der Waals surface area contributed by atoms with Crippen molar-refractivity contribution in [3.8, 4) is 0 Å². The number of hydrogen-bond donors (Lipinski definition) is 0. The highest BCUT2D eigenvalue weighted by atomic mass is 19.3. The van der Waals surface area contributed by atoms with Gasteiger partial charge in [-0.05, 0) is 6.92 Å². The summed E-state index contributed by atoms with van der Waals surface area (Å²) in [6.07, 6.45) is -2.37. The number of rotatable bonds is 4. The molecule has 0 spiro atoms. The fourth-order valence-electron chi connectivity index (χ4n) is 0.570. The van der Waals surface area contributed by atoms with E-state index < -0.39 is 13.0 Å². The Bertz CT molecular complexity index is 112. The van der Waals surface area contributed by atoms with Crippen LogP contribution in [0.5, 0.6) is 0 Å². The van der Waals surface area contributed by atoms with Crippen LogP contribution in [0.3, 0.4) is 0 Å². The molecular weight excluding hydrogens is 142 g/mol. The number of halogens is 2. The zero-order chi connectivity index (χ0) is 7.61. The summed E-state index contributed by atoms with van der Waals surface area (Å²) < 4.78 is 32.5. The van der Waals surface area contributed by atoms with Crippen LogP contribution in [0.25, 0.3) is 0 Å². The predicted octanol–water partition coefficient (Wildman–Crippen LogP) is 1.06. The smallest absolute Gasteiger partial charge is 0.261 e. The molecule has 0 aromatic rings. The Hall–Kier alpha value is -0.220. The second kappa shape index (κ2) is 2.80. The van der Waals surface area contributed by atoms with Crippen LogP contribution in [0.2, 0.25) is 0 Å². The molecule has 1 rings (SSSR count). The molecule has 0 radical (unpaired) electrons. The van der Waals surface area contributed by atoms with Crippen molar-refractivity contribution >= 4 is 0 Å². The highest BCUT2D eigenvalue weighted by Crippen LogP contribution is 2.25. The van der Waals surface area contributed by atoms with Crippen LogP contribution in [-0.2, 0) is 9.47 Å². The summed E-state index contributed by atoms with van der Waals surface area (Å²) in [7, 11) is 0. The highest BCUT2D eigenvalue weighted by Gasteiger charge is 2.39. The van der Waals surface area contributed by atoms with E-state index in [0.29, 0.717) is 6.61 Å². The monoisotopic (exact) mass is 152 g/mol. The van der Waals surface area contributed by atoms with Crippen molar-refractivity contribution in [3.63, 3.8) is 0 Å². The Balaban J connectivity index is 1.95. The van der Waals surface area contributed by atoms with Crippen molar-refractivity contribution in [1.82, 2.24) is 0 Å². The van der Waals surface area contributed by atoms with Crippen LogP contribution < -0.4 is 0 Å². The van der Waals surface area contributed by atoms with E-state index in [1.165, 1.54) is 0 Å². The molecular formula is C6H10F2O2. The van der Waals surface area contributed by atoms with E-state index in [9.17, 15) is 8.78 Å². The maximum atomic E-state index is 11.5. The first-order valence-corrected chi connectivity index (χ1v) is 3.12. The minimum absolute atomic E-state index is 0.269. The third-order valence-electron chi connectivity index (χ3n) is 1.29. The van der Waals surface area contributed by atoms with E-state index in [-0.39, 0.29) is 12.2 Å². The summed E-state index contributed by atoms with van der Waals surface area (Å²) in [6.45, 7) is 2.24. The topological polar surface area (TPSA) is 21.8 Å². The largest absolute Gasteiger partial charge is 0.372 e. The molecule has 1 saturated heterocycles. The molecule has 0 aliphatic carbocycles. The van der Waals surface area contributed by atoms with Crippen molar-refractivity contribution < 1.29 is 18.3 Å². The van der Waals surface area contributed by atoms with Crippen molar-refractivity contribution in [1.29, 1.82) is 0 Å². The Morgan fingerprint density at radius 3 is 2.70 bits per heavy atom. The molecule has 1 atom stereocenters. The van der Waals surface area contributed by atoms with Gasteiger partial charge in [0.05, 0.1) is 13.2 Å². The molecule has 60 valence electrons. The quantitative estimate of drug-likeness (QED) is 0.562. The first kappa shape index (κ1) is 7.88. The summed E-state index contributed by atoms with van der Waals surface area (Å²) in [6, 6.07) is 0. The SMILES string of the molecule is CC1(COCC(F)F)CO1. The van der Waals surface area contributed by atoms with Crippen LogP contribution in [0.1, 0.15) is 6.92 Å². The lowest BCUT2D eigenvalue weighted by molar-refractivity contribution is 0.0000831. The van der Waals surface area contributed by atoms with E-state index in [4.69, 9.17) is 4.74 Å². The van der Waals surface area contributed by atoms with Gasteiger partial charge in [-0.2, -0.15) is 0 Å². The van der Waals surface area contributed by atoms with Gasteiger partial charge in [0.15, 0.2) is 0 Å². The van der Waals surface area contributed by atoms with E-state index >= 15 is 0 Å². The van der Waals surface area contributed by atoms with Crippen molar-refractivity contribution in [2.75, 3.05) is 19.8 Å². The highest BCUT2D eigenvalue weighted by molar-refractivity contribution is 4.86. The zero-order valence-electron chi connectivity index (χ0n) is 5.77. The Labute approximate surface area is 58.1 Å². The van der Waals surface area contributed by atoms with Crippen molar-refractivity contribution in [2.45, 2.75) is 19.0 Å². The van der Waals surface area contributed by atoms with Gasteiger partial charge in [0.1, 0.15) is 12.2 Å². The average Bonchev–Trinajstić information content (AvgIpc) is 2.47. The van der Waals surface area contributed by atoms with Gasteiger partial charge in [-0.1, -0.05) is 0 Å². The maximum Gasteiger partial charge on any atom is 0.261 e. The molecule has 0 aromatic heterocycles. The fourth-order valence-corrected chi connectivity index (χ4v) is 0.570. The minimum atomic E-state index is -2.37. The third kappa shape index (κ3) is 2.58. The normalized spacial score (nSPS) is 31.2. The fraction of sp³-hybridized carbons (Fsp3) is 1.00. The summed E-state index contributed by atoms with van der Waals surface area (Å²) in [4.78, 5) is 0. The molecule has 1 aliphatic heterocycles. The van der Waals surface area contributed by atoms with Gasteiger partial charge in [0, 0.05) is 0 Å². The average molecular weight is 152 g/mol. The summed E-state index contributed by atoms with van der Waals surface area (Å²) in [5.74, 6) is 0. The number of alkyl halides is 2. The van der Waals surface area contributed by atoms with Gasteiger partial charge in [-0.3, -0.25) is 0 Å². The second-order valence-electron chi connectivity index (χ2n) is 2.64. The van der Waals surface area contributed by atoms with Gasteiger partial charge in [0.25, 0.3) is 6.43 Å². The van der Waals surface area contributed by atoms with Gasteiger partial charge >= 0.3 is 0 Å². The molecule has 10 heavy (non-hydrogen) atoms. The van der Waals surface area contributed by atoms with Crippen LogP contribution in [0.15, 0.2) is 0 Å². The first-order chi connectivity index (χ1) is 4.62. The van der Waals surface area contributed by atoms with Gasteiger partial charge in [-0.25, -0.2) is 8.78 Å². The van der Waals surface area contributed by atoms with Crippen molar-refractivity contribution in [3.05, 3.63) is 0 Å². The molecule has 0 bridgehead atoms. The van der Waals surface area contributed by atoms with Gasteiger partial charge in [0.2, 0.25) is 0 Å². The Morgan fingerprint density at radius 1 is 1.70 bits per heavy atom. The zero-order valence-corrected chi connectivity index (χ0v) is 5.77. The minimum Gasteiger partial charge on any atom is -0.372 e. The molecule has 0 aromatic carbocycles. The molecule has 0 N–H and O–H groups in total. The summed E-state index contributed by atoms with van der Waals surface area (Å²) in [5, 5.41) is 0. The molecule has 0 amide bonds. The third-order valence-corrected chi connectivity index (χ3v) is 1.29.